The van der Waals surface area contributed by atoms with Gasteiger partial charge in [0.15, 0.2) is 12.3 Å². The average Bonchev–Trinajstić information content (AvgIpc) is 2.62. The molecule has 0 aliphatic heterocycles. The first-order valence-corrected chi connectivity index (χ1v) is 8.80. The van der Waals surface area contributed by atoms with Crippen molar-refractivity contribution >= 4 is 11.9 Å². The van der Waals surface area contributed by atoms with E-state index in [-0.39, 0.29) is 23.8 Å². The zero-order chi connectivity index (χ0) is 18.1. The Morgan fingerprint density at radius 2 is 2.16 bits per heavy atom. The van der Waals surface area contributed by atoms with Crippen LogP contribution in [0.3, 0.4) is 0 Å². The Morgan fingerprint density at radius 3 is 2.88 bits per heavy atom. The molecule has 7 heteroatoms. The van der Waals surface area contributed by atoms with E-state index < -0.39 is 5.97 Å². The van der Waals surface area contributed by atoms with Gasteiger partial charge in [-0.2, -0.15) is 5.10 Å². The highest BCUT2D eigenvalue weighted by Gasteiger charge is 2.13. The molecule has 1 aromatic rings. The van der Waals surface area contributed by atoms with Crippen LogP contribution in [0.15, 0.2) is 28.6 Å². The van der Waals surface area contributed by atoms with Gasteiger partial charge in [-0.15, -0.1) is 0 Å². The van der Waals surface area contributed by atoms with Gasteiger partial charge in [0.05, 0.1) is 0 Å². The zero-order valence-electron chi connectivity index (χ0n) is 14.6. The topological polar surface area (TPSA) is 90.3 Å². The zero-order valence-corrected chi connectivity index (χ0v) is 14.6. The summed E-state index contributed by atoms with van der Waals surface area (Å²) in [6.45, 7) is 2.53. The fraction of sp³-hybridized carbons (Fsp3) is 0.556. The summed E-state index contributed by atoms with van der Waals surface area (Å²) < 4.78 is 6.18. The van der Waals surface area contributed by atoms with Crippen LogP contribution in [-0.2, 0) is 16.1 Å². The molecule has 136 valence electrons. The highest BCUT2D eigenvalue weighted by Crippen LogP contribution is 2.19. The minimum absolute atomic E-state index is 0.0215. The summed E-state index contributed by atoms with van der Waals surface area (Å²) in [6, 6.07) is 2.58. The van der Waals surface area contributed by atoms with Gasteiger partial charge in [-0.3, -0.25) is 9.59 Å². The molecule has 1 N–H and O–H groups in total. The lowest BCUT2D eigenvalue weighted by atomic mass is 9.97. The number of ether oxygens (including phenoxy) is 1. The maximum Gasteiger partial charge on any atom is 0.359 e. The highest BCUT2D eigenvalue weighted by atomic mass is 16.5. The third-order valence-corrected chi connectivity index (χ3v) is 4.00. The lowest BCUT2D eigenvalue weighted by Crippen LogP contribution is -2.30. The van der Waals surface area contributed by atoms with Crippen LogP contribution in [0.1, 0.15) is 55.9 Å². The maximum absolute atomic E-state index is 11.9. The molecule has 1 heterocycles. The fourth-order valence-electron chi connectivity index (χ4n) is 2.68. The first kappa shape index (κ1) is 18.9. The first-order chi connectivity index (χ1) is 12.1. The quantitative estimate of drug-likeness (QED) is 0.572. The molecule has 25 heavy (non-hydrogen) atoms. The number of hydrogen-bond acceptors (Lipinski definition) is 5. The Kier molecular flexibility index (Phi) is 7.37. The molecule has 2 rings (SSSR count). The van der Waals surface area contributed by atoms with E-state index in [1.54, 1.807) is 0 Å². The van der Waals surface area contributed by atoms with E-state index in [2.05, 4.69) is 16.5 Å². The predicted octanol–water partition coefficient (Wildman–Crippen LogP) is 1.82. The normalized spacial score (nSPS) is 13.9. The molecule has 0 saturated carbocycles. The number of rotatable bonds is 8. The number of esters is 1. The minimum atomic E-state index is -0.713. The van der Waals surface area contributed by atoms with Gasteiger partial charge in [0.25, 0.3) is 11.5 Å². The Morgan fingerprint density at radius 1 is 1.32 bits per heavy atom. The molecule has 0 spiro atoms. The standard InChI is InChI=1S/C18H25N3O4/c1-2-12-21-17(23)9-8-15(20-21)18(24)25-13-16(22)19-11-10-14-6-4-3-5-7-14/h6,8-9H,2-5,7,10-13H2,1H3,(H,19,22). The third-order valence-electron chi connectivity index (χ3n) is 4.00. The monoisotopic (exact) mass is 347 g/mol. The van der Waals surface area contributed by atoms with E-state index in [4.69, 9.17) is 4.74 Å². The summed E-state index contributed by atoms with van der Waals surface area (Å²) >= 11 is 0. The van der Waals surface area contributed by atoms with Crippen molar-refractivity contribution in [3.8, 4) is 0 Å². The van der Waals surface area contributed by atoms with E-state index in [1.165, 1.54) is 35.2 Å². The lowest BCUT2D eigenvalue weighted by molar-refractivity contribution is -0.124. The van der Waals surface area contributed by atoms with Crippen molar-refractivity contribution in [3.05, 3.63) is 39.8 Å². The molecule has 1 amide bonds. The van der Waals surface area contributed by atoms with Crippen LogP contribution in [0, 0.1) is 0 Å². The smallest absolute Gasteiger partial charge is 0.359 e. The van der Waals surface area contributed by atoms with Crippen molar-refractivity contribution in [2.75, 3.05) is 13.2 Å². The van der Waals surface area contributed by atoms with Crippen LogP contribution in [0.2, 0.25) is 0 Å². The van der Waals surface area contributed by atoms with Gasteiger partial charge in [0, 0.05) is 19.2 Å². The number of hydrogen-bond donors (Lipinski definition) is 1. The Labute approximate surface area is 147 Å². The fourth-order valence-corrected chi connectivity index (χ4v) is 2.68. The van der Waals surface area contributed by atoms with Gasteiger partial charge in [0.2, 0.25) is 0 Å². The summed E-state index contributed by atoms with van der Waals surface area (Å²) in [5.41, 5.74) is 1.13. The minimum Gasteiger partial charge on any atom is -0.451 e. The summed E-state index contributed by atoms with van der Waals surface area (Å²) in [5, 5.41) is 6.70. The summed E-state index contributed by atoms with van der Waals surface area (Å²) in [6.07, 6.45) is 8.48. The molecule has 1 aliphatic carbocycles. The Bertz CT molecular complexity index is 694. The molecule has 0 radical (unpaired) electrons. The number of carbonyl (C=O) groups is 2. The molecule has 0 fully saturated rings. The van der Waals surface area contributed by atoms with Crippen LogP contribution in [0.5, 0.6) is 0 Å². The molecular formula is C18H25N3O4. The van der Waals surface area contributed by atoms with Crippen molar-refractivity contribution in [2.24, 2.45) is 0 Å². The number of allylic oxidation sites excluding steroid dienone is 1. The second-order valence-corrected chi connectivity index (χ2v) is 6.06. The van der Waals surface area contributed by atoms with Crippen molar-refractivity contribution in [1.82, 2.24) is 15.1 Å². The Hall–Kier alpha value is -2.44. The van der Waals surface area contributed by atoms with Crippen LogP contribution >= 0.6 is 0 Å². The second kappa shape index (κ2) is 9.76. The lowest BCUT2D eigenvalue weighted by Gasteiger charge is -2.13. The molecule has 1 aliphatic rings. The largest absolute Gasteiger partial charge is 0.451 e. The van der Waals surface area contributed by atoms with E-state index in [1.807, 2.05) is 6.92 Å². The molecule has 7 nitrogen and oxygen atoms in total. The van der Waals surface area contributed by atoms with Gasteiger partial charge in [-0.25, -0.2) is 9.48 Å². The number of nitrogens with zero attached hydrogens (tertiary/aromatic N) is 2. The SMILES string of the molecule is CCCn1nc(C(=O)OCC(=O)NCCC2=CCCCC2)ccc1=O. The molecule has 1 aromatic heterocycles. The number of aryl methyl sites for hydroxylation is 1. The summed E-state index contributed by atoms with van der Waals surface area (Å²) in [5.74, 6) is -1.05. The van der Waals surface area contributed by atoms with Crippen LogP contribution in [0.4, 0.5) is 0 Å². The van der Waals surface area contributed by atoms with Crippen molar-refractivity contribution < 1.29 is 14.3 Å². The van der Waals surface area contributed by atoms with Gasteiger partial charge < -0.3 is 10.1 Å². The summed E-state index contributed by atoms with van der Waals surface area (Å²) in [7, 11) is 0. The van der Waals surface area contributed by atoms with Gasteiger partial charge in [0.1, 0.15) is 0 Å². The van der Waals surface area contributed by atoms with Gasteiger partial charge in [-0.05, 0) is 44.6 Å². The maximum atomic E-state index is 11.9. The van der Waals surface area contributed by atoms with Crippen molar-refractivity contribution in [1.29, 1.82) is 0 Å². The number of carbonyl (C=O) groups excluding carboxylic acids is 2. The average molecular weight is 347 g/mol. The van der Waals surface area contributed by atoms with Crippen LogP contribution < -0.4 is 10.9 Å². The van der Waals surface area contributed by atoms with E-state index in [0.717, 1.165) is 25.7 Å². The number of amides is 1. The molecule has 0 aromatic carbocycles. The van der Waals surface area contributed by atoms with Gasteiger partial charge >= 0.3 is 5.97 Å². The second-order valence-electron chi connectivity index (χ2n) is 6.06. The molecule has 0 bridgehead atoms. The van der Waals surface area contributed by atoms with E-state index in [9.17, 15) is 14.4 Å². The number of aromatic nitrogens is 2. The van der Waals surface area contributed by atoms with E-state index in [0.29, 0.717) is 13.1 Å². The predicted molar refractivity (Wildman–Crippen MR) is 93.2 cm³/mol. The summed E-state index contributed by atoms with van der Waals surface area (Å²) in [4.78, 5) is 35.3. The molecular weight excluding hydrogens is 322 g/mol. The molecule has 0 unspecified atom stereocenters. The Balaban J connectivity index is 1.75. The number of nitrogens with one attached hydrogen (secondary N) is 1. The molecule has 0 atom stereocenters. The van der Waals surface area contributed by atoms with Crippen molar-refractivity contribution in [2.45, 2.75) is 52.0 Å². The van der Waals surface area contributed by atoms with Gasteiger partial charge in [-0.1, -0.05) is 18.6 Å². The third kappa shape index (κ3) is 6.17. The molecule has 0 saturated heterocycles. The van der Waals surface area contributed by atoms with Crippen molar-refractivity contribution in [3.63, 3.8) is 0 Å². The first-order valence-electron chi connectivity index (χ1n) is 8.80. The van der Waals surface area contributed by atoms with Crippen LogP contribution in [0.25, 0.3) is 0 Å². The van der Waals surface area contributed by atoms with Crippen LogP contribution in [-0.4, -0.2) is 34.8 Å². The van der Waals surface area contributed by atoms with E-state index >= 15 is 0 Å². The highest BCUT2D eigenvalue weighted by molar-refractivity contribution is 5.89.